The number of hydrogen-bond donors (Lipinski definition) is 1. The second-order valence-electron chi connectivity index (χ2n) is 4.65. The van der Waals surface area contributed by atoms with E-state index < -0.39 is 5.97 Å². The summed E-state index contributed by atoms with van der Waals surface area (Å²) in [5.41, 5.74) is 2.60. The standard InChI is InChI=1S/C15H19NO2/c1-2-9-16-10-8-13(14(11-16)15(17)18)12-6-4-3-5-7-12/h3-7H,2,8-11H2,1H3,(H,17,18). The zero-order valence-corrected chi connectivity index (χ0v) is 10.7. The number of carboxylic acid groups (broad SMARTS) is 1. The highest BCUT2D eigenvalue weighted by Gasteiger charge is 2.23. The largest absolute Gasteiger partial charge is 0.478 e. The molecule has 2 rings (SSSR count). The van der Waals surface area contributed by atoms with Crippen LogP contribution in [-0.2, 0) is 4.79 Å². The number of carboxylic acids is 1. The van der Waals surface area contributed by atoms with Gasteiger partial charge in [-0.3, -0.25) is 4.90 Å². The van der Waals surface area contributed by atoms with E-state index in [0.717, 1.165) is 37.1 Å². The van der Waals surface area contributed by atoms with Crippen LogP contribution < -0.4 is 0 Å². The maximum absolute atomic E-state index is 11.4. The molecule has 1 aliphatic heterocycles. The summed E-state index contributed by atoms with van der Waals surface area (Å²) in [5, 5.41) is 9.37. The van der Waals surface area contributed by atoms with E-state index in [4.69, 9.17) is 0 Å². The number of rotatable bonds is 4. The Hall–Kier alpha value is -1.61. The van der Waals surface area contributed by atoms with Crippen LogP contribution in [0, 0.1) is 0 Å². The van der Waals surface area contributed by atoms with Crippen molar-refractivity contribution in [3.05, 3.63) is 41.5 Å². The van der Waals surface area contributed by atoms with Crippen LogP contribution >= 0.6 is 0 Å². The number of benzene rings is 1. The molecule has 0 atom stereocenters. The predicted octanol–water partition coefficient (Wildman–Crippen LogP) is 2.64. The number of carbonyl (C=O) groups is 1. The van der Waals surface area contributed by atoms with Gasteiger partial charge in [-0.2, -0.15) is 0 Å². The van der Waals surface area contributed by atoms with Crippen LogP contribution in [0.3, 0.4) is 0 Å². The number of aliphatic carboxylic acids is 1. The molecule has 1 aromatic rings. The first-order valence-electron chi connectivity index (χ1n) is 6.45. The van der Waals surface area contributed by atoms with Gasteiger partial charge in [0.2, 0.25) is 0 Å². The lowest BCUT2D eigenvalue weighted by Crippen LogP contribution is -2.34. The third kappa shape index (κ3) is 2.79. The average Bonchev–Trinajstić information content (AvgIpc) is 2.40. The van der Waals surface area contributed by atoms with Crippen molar-refractivity contribution in [3.63, 3.8) is 0 Å². The third-order valence-electron chi connectivity index (χ3n) is 3.34. The van der Waals surface area contributed by atoms with Gasteiger partial charge in [0.15, 0.2) is 0 Å². The minimum absolute atomic E-state index is 0.556. The van der Waals surface area contributed by atoms with Crippen LogP contribution in [0.2, 0.25) is 0 Å². The van der Waals surface area contributed by atoms with Crippen molar-refractivity contribution in [1.29, 1.82) is 0 Å². The van der Waals surface area contributed by atoms with E-state index in [2.05, 4.69) is 11.8 Å². The lowest BCUT2D eigenvalue weighted by Gasteiger charge is -2.29. The molecule has 1 aliphatic rings. The fourth-order valence-corrected chi connectivity index (χ4v) is 2.48. The van der Waals surface area contributed by atoms with Crippen LogP contribution in [0.4, 0.5) is 0 Å². The maximum Gasteiger partial charge on any atom is 0.333 e. The predicted molar refractivity (Wildman–Crippen MR) is 72.3 cm³/mol. The fourth-order valence-electron chi connectivity index (χ4n) is 2.48. The topological polar surface area (TPSA) is 40.5 Å². The highest BCUT2D eigenvalue weighted by atomic mass is 16.4. The van der Waals surface area contributed by atoms with E-state index in [-0.39, 0.29) is 0 Å². The Labute approximate surface area is 108 Å². The van der Waals surface area contributed by atoms with Gasteiger partial charge >= 0.3 is 5.97 Å². The molecule has 3 heteroatoms. The molecular weight excluding hydrogens is 226 g/mol. The molecule has 0 unspecified atom stereocenters. The normalized spacial score (nSPS) is 16.9. The van der Waals surface area contributed by atoms with Crippen LogP contribution in [0.1, 0.15) is 25.3 Å². The highest BCUT2D eigenvalue weighted by Crippen LogP contribution is 2.27. The Bertz CT molecular complexity index is 451. The van der Waals surface area contributed by atoms with E-state index in [9.17, 15) is 9.90 Å². The Morgan fingerprint density at radius 1 is 1.33 bits per heavy atom. The van der Waals surface area contributed by atoms with Crippen molar-refractivity contribution in [2.45, 2.75) is 19.8 Å². The van der Waals surface area contributed by atoms with Crippen LogP contribution in [0.25, 0.3) is 5.57 Å². The summed E-state index contributed by atoms with van der Waals surface area (Å²) in [7, 11) is 0. The van der Waals surface area contributed by atoms with E-state index in [0.29, 0.717) is 12.1 Å². The van der Waals surface area contributed by atoms with Gasteiger partial charge in [0, 0.05) is 13.1 Å². The summed E-state index contributed by atoms with van der Waals surface area (Å²) in [6.07, 6.45) is 1.89. The van der Waals surface area contributed by atoms with Gasteiger partial charge < -0.3 is 5.11 Å². The lowest BCUT2D eigenvalue weighted by atomic mass is 9.93. The average molecular weight is 245 g/mol. The summed E-state index contributed by atoms with van der Waals surface area (Å²) in [6, 6.07) is 9.86. The summed E-state index contributed by atoms with van der Waals surface area (Å²) >= 11 is 0. The van der Waals surface area contributed by atoms with Crippen LogP contribution in [0.15, 0.2) is 35.9 Å². The fraction of sp³-hybridized carbons (Fsp3) is 0.400. The van der Waals surface area contributed by atoms with Crippen molar-refractivity contribution in [1.82, 2.24) is 4.90 Å². The van der Waals surface area contributed by atoms with Gasteiger partial charge in [-0.25, -0.2) is 4.79 Å². The van der Waals surface area contributed by atoms with Gasteiger partial charge in [-0.05, 0) is 30.5 Å². The quantitative estimate of drug-likeness (QED) is 0.886. The van der Waals surface area contributed by atoms with E-state index in [1.54, 1.807) is 0 Å². The smallest absolute Gasteiger partial charge is 0.333 e. The first-order chi connectivity index (χ1) is 8.72. The molecule has 0 amide bonds. The van der Waals surface area contributed by atoms with E-state index in [1.807, 2.05) is 30.3 Å². The number of nitrogens with zero attached hydrogens (tertiary/aromatic N) is 1. The van der Waals surface area contributed by atoms with Crippen LogP contribution in [-0.4, -0.2) is 35.6 Å². The maximum atomic E-state index is 11.4. The second-order valence-corrected chi connectivity index (χ2v) is 4.65. The molecule has 18 heavy (non-hydrogen) atoms. The van der Waals surface area contributed by atoms with Gasteiger partial charge in [0.25, 0.3) is 0 Å². The molecular formula is C15H19NO2. The molecule has 0 bridgehead atoms. The molecule has 0 fully saturated rings. The van der Waals surface area contributed by atoms with Crippen molar-refractivity contribution in [3.8, 4) is 0 Å². The third-order valence-corrected chi connectivity index (χ3v) is 3.34. The molecule has 0 aliphatic carbocycles. The molecule has 3 nitrogen and oxygen atoms in total. The SMILES string of the molecule is CCCN1CCC(c2ccccc2)=C(C(=O)O)C1. The number of hydrogen-bond acceptors (Lipinski definition) is 2. The Morgan fingerprint density at radius 2 is 2.06 bits per heavy atom. The van der Waals surface area contributed by atoms with Gasteiger partial charge in [-0.1, -0.05) is 37.3 Å². The zero-order chi connectivity index (χ0) is 13.0. The van der Waals surface area contributed by atoms with E-state index >= 15 is 0 Å². The molecule has 0 aromatic heterocycles. The minimum atomic E-state index is -0.783. The lowest BCUT2D eigenvalue weighted by molar-refractivity contribution is -0.133. The van der Waals surface area contributed by atoms with Crippen molar-refractivity contribution in [2.24, 2.45) is 0 Å². The molecule has 0 saturated heterocycles. The minimum Gasteiger partial charge on any atom is -0.478 e. The molecule has 1 N–H and O–H groups in total. The van der Waals surface area contributed by atoms with Crippen molar-refractivity contribution in [2.75, 3.05) is 19.6 Å². The zero-order valence-electron chi connectivity index (χ0n) is 10.7. The monoisotopic (exact) mass is 245 g/mol. The molecule has 0 saturated carbocycles. The molecule has 1 heterocycles. The van der Waals surface area contributed by atoms with Crippen LogP contribution in [0.5, 0.6) is 0 Å². The first-order valence-corrected chi connectivity index (χ1v) is 6.45. The van der Waals surface area contributed by atoms with E-state index in [1.165, 1.54) is 0 Å². The second kappa shape index (κ2) is 5.83. The molecule has 1 aromatic carbocycles. The molecule has 96 valence electrons. The van der Waals surface area contributed by atoms with Gasteiger partial charge in [-0.15, -0.1) is 0 Å². The summed E-state index contributed by atoms with van der Waals surface area (Å²) in [4.78, 5) is 13.6. The molecule has 0 radical (unpaired) electrons. The highest BCUT2D eigenvalue weighted by molar-refractivity contribution is 5.97. The van der Waals surface area contributed by atoms with Gasteiger partial charge in [0.05, 0.1) is 5.57 Å². The Morgan fingerprint density at radius 3 is 2.67 bits per heavy atom. The summed E-state index contributed by atoms with van der Waals surface area (Å²) in [6.45, 7) is 4.61. The summed E-state index contributed by atoms with van der Waals surface area (Å²) in [5.74, 6) is -0.783. The van der Waals surface area contributed by atoms with Crippen molar-refractivity contribution < 1.29 is 9.90 Å². The first kappa shape index (κ1) is 12.8. The van der Waals surface area contributed by atoms with Crippen molar-refractivity contribution >= 4 is 11.5 Å². The molecule has 0 spiro atoms. The Balaban J connectivity index is 2.31. The Kier molecular flexibility index (Phi) is 4.15. The van der Waals surface area contributed by atoms with Gasteiger partial charge in [0.1, 0.15) is 0 Å². The summed E-state index contributed by atoms with van der Waals surface area (Å²) < 4.78 is 0.